The fourth-order valence-corrected chi connectivity index (χ4v) is 3.83. The van der Waals surface area contributed by atoms with Gasteiger partial charge in [-0.05, 0) is 62.1 Å². The van der Waals surface area contributed by atoms with Crippen molar-refractivity contribution >= 4 is 21.6 Å². The molecule has 0 fully saturated rings. The van der Waals surface area contributed by atoms with Gasteiger partial charge in [-0.15, -0.1) is 0 Å². The third-order valence-corrected chi connectivity index (χ3v) is 5.63. The maximum Gasteiger partial charge on any atom is 0.262 e. The summed E-state index contributed by atoms with van der Waals surface area (Å²) in [5, 5.41) is 2.76. The molecule has 5 nitrogen and oxygen atoms in total. The van der Waals surface area contributed by atoms with Crippen LogP contribution >= 0.6 is 0 Å². The number of sulfonamides is 1. The molecule has 0 saturated carbocycles. The molecule has 2 aromatic rings. The molecule has 0 saturated heterocycles. The highest BCUT2D eigenvalue weighted by molar-refractivity contribution is 7.92. The summed E-state index contributed by atoms with van der Waals surface area (Å²) in [4.78, 5) is 12.2. The van der Waals surface area contributed by atoms with E-state index in [0.29, 0.717) is 23.4 Å². The number of carbonyl (C=O) groups is 1. The molecule has 0 aliphatic heterocycles. The molecule has 0 bridgehead atoms. The summed E-state index contributed by atoms with van der Waals surface area (Å²) < 4.78 is 28.3. The van der Waals surface area contributed by atoms with Crippen molar-refractivity contribution in [3.8, 4) is 0 Å². The van der Waals surface area contributed by atoms with Crippen LogP contribution in [0, 0.1) is 20.8 Å². The highest BCUT2D eigenvalue weighted by Gasteiger charge is 2.20. The van der Waals surface area contributed by atoms with E-state index < -0.39 is 10.0 Å². The Kier molecular flexibility index (Phi) is 5.85. The van der Waals surface area contributed by atoms with Gasteiger partial charge in [-0.25, -0.2) is 8.42 Å². The van der Waals surface area contributed by atoms with Gasteiger partial charge >= 0.3 is 0 Å². The van der Waals surface area contributed by atoms with Gasteiger partial charge in [-0.2, -0.15) is 0 Å². The molecule has 0 radical (unpaired) electrons. The first kappa shape index (κ1) is 19.0. The summed E-state index contributed by atoms with van der Waals surface area (Å²) in [6.07, 6.45) is 0.816. The first-order valence-electron chi connectivity index (χ1n) is 8.24. The minimum Gasteiger partial charge on any atom is -0.352 e. The molecule has 0 aliphatic rings. The van der Waals surface area contributed by atoms with E-state index in [2.05, 4.69) is 10.0 Å². The van der Waals surface area contributed by atoms with E-state index in [0.717, 1.165) is 17.5 Å². The third-order valence-electron chi connectivity index (χ3n) is 4.12. The summed E-state index contributed by atoms with van der Waals surface area (Å²) in [5.74, 6) is -0.273. The molecule has 2 aromatic carbocycles. The number of nitrogens with one attached hydrogen (secondary N) is 2. The normalized spacial score (nSPS) is 11.2. The van der Waals surface area contributed by atoms with Crippen LogP contribution in [0.2, 0.25) is 0 Å². The van der Waals surface area contributed by atoms with Gasteiger partial charge in [0, 0.05) is 12.1 Å². The standard InChI is InChI=1S/C19H24N2O3S/c1-5-11-20-19(22)16-10-9-14(3)18(12-16)25(23,24)21-17-8-6-7-13(2)15(17)4/h6-10,12,21H,5,11H2,1-4H3,(H,20,22). The van der Waals surface area contributed by atoms with Crippen molar-refractivity contribution in [3.63, 3.8) is 0 Å². The second-order valence-corrected chi connectivity index (χ2v) is 7.74. The number of hydrogen-bond acceptors (Lipinski definition) is 3. The number of benzene rings is 2. The second-order valence-electron chi connectivity index (χ2n) is 6.09. The molecule has 0 atom stereocenters. The molecule has 0 aromatic heterocycles. The highest BCUT2D eigenvalue weighted by atomic mass is 32.2. The van der Waals surface area contributed by atoms with Crippen molar-refractivity contribution in [1.29, 1.82) is 0 Å². The molecule has 25 heavy (non-hydrogen) atoms. The Morgan fingerprint density at radius 3 is 2.44 bits per heavy atom. The first-order valence-corrected chi connectivity index (χ1v) is 9.72. The largest absolute Gasteiger partial charge is 0.352 e. The second kappa shape index (κ2) is 7.70. The van der Waals surface area contributed by atoms with Gasteiger partial charge in [-0.3, -0.25) is 9.52 Å². The Labute approximate surface area is 149 Å². The Bertz CT molecular complexity index is 890. The lowest BCUT2D eigenvalue weighted by molar-refractivity contribution is 0.0953. The summed E-state index contributed by atoms with van der Waals surface area (Å²) in [6, 6.07) is 10.2. The molecule has 2 N–H and O–H groups in total. The van der Waals surface area contributed by atoms with Gasteiger partial charge < -0.3 is 5.32 Å². The van der Waals surface area contributed by atoms with E-state index >= 15 is 0 Å². The molecule has 6 heteroatoms. The number of amides is 1. The Morgan fingerprint density at radius 1 is 1.04 bits per heavy atom. The maximum absolute atomic E-state index is 12.8. The monoisotopic (exact) mass is 360 g/mol. The van der Waals surface area contributed by atoms with E-state index in [1.165, 1.54) is 6.07 Å². The van der Waals surface area contributed by atoms with Gasteiger partial charge in [-0.1, -0.05) is 25.1 Å². The van der Waals surface area contributed by atoms with Crippen molar-refractivity contribution in [2.45, 2.75) is 39.0 Å². The fourth-order valence-electron chi connectivity index (χ4n) is 2.43. The van der Waals surface area contributed by atoms with Gasteiger partial charge in [0.1, 0.15) is 0 Å². The van der Waals surface area contributed by atoms with Crippen LogP contribution in [0.5, 0.6) is 0 Å². The quantitative estimate of drug-likeness (QED) is 0.827. The Hall–Kier alpha value is -2.34. The SMILES string of the molecule is CCCNC(=O)c1ccc(C)c(S(=O)(=O)Nc2cccc(C)c2C)c1. The van der Waals surface area contributed by atoms with Gasteiger partial charge in [0.05, 0.1) is 10.6 Å². The zero-order chi connectivity index (χ0) is 18.6. The van der Waals surface area contributed by atoms with Crippen LogP contribution in [0.15, 0.2) is 41.3 Å². The van der Waals surface area contributed by atoms with Crippen molar-refractivity contribution in [3.05, 3.63) is 58.7 Å². The van der Waals surface area contributed by atoms with Gasteiger partial charge in [0.15, 0.2) is 0 Å². The minimum absolute atomic E-state index is 0.109. The fraction of sp³-hybridized carbons (Fsp3) is 0.316. The molecule has 2 rings (SSSR count). The summed E-state index contributed by atoms with van der Waals surface area (Å²) >= 11 is 0. The van der Waals surface area contributed by atoms with Crippen LogP contribution in [-0.4, -0.2) is 20.9 Å². The van der Waals surface area contributed by atoms with Crippen molar-refractivity contribution in [2.24, 2.45) is 0 Å². The van der Waals surface area contributed by atoms with E-state index in [1.807, 2.05) is 32.9 Å². The molecule has 1 amide bonds. The molecule has 0 unspecified atom stereocenters. The molecular formula is C19H24N2O3S. The summed E-state index contributed by atoms with van der Waals surface area (Å²) in [6.45, 7) is 8.02. The molecule has 0 spiro atoms. The molecule has 0 aliphatic carbocycles. The number of rotatable bonds is 6. The molecule has 134 valence electrons. The van der Waals surface area contributed by atoms with E-state index in [1.54, 1.807) is 25.1 Å². The average Bonchev–Trinajstić information content (AvgIpc) is 2.57. The first-order chi connectivity index (χ1) is 11.8. The van der Waals surface area contributed by atoms with Crippen molar-refractivity contribution < 1.29 is 13.2 Å². The van der Waals surface area contributed by atoms with E-state index in [9.17, 15) is 13.2 Å². The van der Waals surface area contributed by atoms with Crippen LogP contribution in [0.3, 0.4) is 0 Å². The number of anilines is 1. The predicted molar refractivity (Wildman–Crippen MR) is 101 cm³/mol. The van der Waals surface area contributed by atoms with Crippen LogP contribution in [0.25, 0.3) is 0 Å². The van der Waals surface area contributed by atoms with Crippen LogP contribution < -0.4 is 10.0 Å². The minimum atomic E-state index is -3.79. The lowest BCUT2D eigenvalue weighted by Crippen LogP contribution is -2.24. The van der Waals surface area contributed by atoms with E-state index in [4.69, 9.17) is 0 Å². The maximum atomic E-state index is 12.8. The predicted octanol–water partition coefficient (Wildman–Crippen LogP) is 3.55. The molecular weight excluding hydrogens is 336 g/mol. The van der Waals surface area contributed by atoms with Crippen LogP contribution in [-0.2, 0) is 10.0 Å². The Morgan fingerprint density at radius 2 is 1.76 bits per heavy atom. The van der Waals surface area contributed by atoms with Gasteiger partial charge in [0.2, 0.25) is 0 Å². The number of carbonyl (C=O) groups excluding carboxylic acids is 1. The van der Waals surface area contributed by atoms with Gasteiger partial charge in [0.25, 0.3) is 15.9 Å². The molecule has 0 heterocycles. The van der Waals surface area contributed by atoms with Crippen molar-refractivity contribution in [2.75, 3.05) is 11.3 Å². The van der Waals surface area contributed by atoms with E-state index in [-0.39, 0.29) is 10.8 Å². The lowest BCUT2D eigenvalue weighted by atomic mass is 10.1. The third kappa shape index (κ3) is 4.39. The summed E-state index contributed by atoms with van der Waals surface area (Å²) in [5.41, 5.74) is 3.34. The topological polar surface area (TPSA) is 75.3 Å². The average molecular weight is 360 g/mol. The van der Waals surface area contributed by atoms with Crippen LogP contribution in [0.4, 0.5) is 5.69 Å². The highest BCUT2D eigenvalue weighted by Crippen LogP contribution is 2.24. The lowest BCUT2D eigenvalue weighted by Gasteiger charge is -2.14. The number of aryl methyl sites for hydroxylation is 2. The zero-order valence-electron chi connectivity index (χ0n) is 15.0. The smallest absolute Gasteiger partial charge is 0.262 e. The van der Waals surface area contributed by atoms with Crippen LogP contribution in [0.1, 0.15) is 40.4 Å². The Balaban J connectivity index is 2.38. The number of hydrogen-bond donors (Lipinski definition) is 2. The zero-order valence-corrected chi connectivity index (χ0v) is 15.8. The van der Waals surface area contributed by atoms with Crippen molar-refractivity contribution in [1.82, 2.24) is 5.32 Å². The summed E-state index contributed by atoms with van der Waals surface area (Å²) in [7, 11) is -3.79.